The molecule has 10 nitrogen and oxygen atoms in total. The van der Waals surface area contributed by atoms with Gasteiger partial charge in [-0.3, -0.25) is 9.55 Å². The number of aromatic nitrogens is 7. The topological polar surface area (TPSA) is 102 Å². The average Bonchev–Trinajstić information content (AvgIpc) is 3.72. The van der Waals surface area contributed by atoms with Crippen LogP contribution in [0.5, 0.6) is 0 Å². The number of pyridine rings is 2. The van der Waals surface area contributed by atoms with Gasteiger partial charge in [0.2, 0.25) is 11.7 Å². The molecule has 0 aliphatic carbocycles. The molecule has 0 bridgehead atoms. The van der Waals surface area contributed by atoms with Crippen molar-refractivity contribution in [2.75, 3.05) is 36.0 Å². The molecular formula is C32H28BrN9OS. The van der Waals surface area contributed by atoms with Gasteiger partial charge in [-0.25, -0.2) is 4.98 Å². The van der Waals surface area contributed by atoms with Gasteiger partial charge < -0.3 is 14.3 Å². The van der Waals surface area contributed by atoms with Gasteiger partial charge >= 0.3 is 0 Å². The summed E-state index contributed by atoms with van der Waals surface area (Å²) in [4.78, 5) is 18.4. The van der Waals surface area contributed by atoms with Gasteiger partial charge in [0.15, 0.2) is 11.0 Å². The van der Waals surface area contributed by atoms with Crippen LogP contribution < -0.4 is 9.80 Å². The molecule has 44 heavy (non-hydrogen) atoms. The van der Waals surface area contributed by atoms with Crippen LogP contribution in [0.4, 0.5) is 11.5 Å². The van der Waals surface area contributed by atoms with E-state index in [9.17, 15) is 0 Å². The van der Waals surface area contributed by atoms with Crippen molar-refractivity contribution in [3.8, 4) is 28.5 Å². The number of thioether (sulfide) groups is 1. The van der Waals surface area contributed by atoms with Crippen molar-refractivity contribution < 1.29 is 4.52 Å². The molecule has 1 aliphatic heterocycles. The standard InChI is InChI=1S/C32H28BrN9OS/c1-22-4-2-6-27(18-22)40-14-16-41(17-15-40)28-12-7-23(20-35-28)30-36-29(43-39-30)21-44-32-38-37-31(24-5-3-13-34-19-24)42(32)26-10-8-25(33)9-11-26/h2-13,18-20H,14-17,21H2,1H3. The number of halogens is 1. The molecule has 1 aliphatic rings. The molecule has 6 aromatic rings. The van der Waals surface area contributed by atoms with Crippen LogP contribution in [-0.2, 0) is 5.75 Å². The minimum Gasteiger partial charge on any atom is -0.368 e. The third-order valence-electron chi connectivity index (χ3n) is 7.41. The first-order valence-corrected chi connectivity index (χ1v) is 16.0. The summed E-state index contributed by atoms with van der Waals surface area (Å²) < 4.78 is 8.61. The quantitative estimate of drug-likeness (QED) is 0.168. The summed E-state index contributed by atoms with van der Waals surface area (Å²) >= 11 is 5.00. The van der Waals surface area contributed by atoms with E-state index in [2.05, 4.69) is 82.2 Å². The van der Waals surface area contributed by atoms with Gasteiger partial charge in [-0.15, -0.1) is 10.2 Å². The second kappa shape index (κ2) is 12.6. The van der Waals surface area contributed by atoms with Crippen molar-refractivity contribution in [2.24, 2.45) is 0 Å². The molecular weight excluding hydrogens is 638 g/mol. The lowest BCUT2D eigenvalue weighted by Gasteiger charge is -2.36. The van der Waals surface area contributed by atoms with Gasteiger partial charge in [-0.1, -0.05) is 45.0 Å². The van der Waals surface area contributed by atoms with Crippen molar-refractivity contribution in [3.63, 3.8) is 0 Å². The van der Waals surface area contributed by atoms with Gasteiger partial charge in [0.25, 0.3) is 0 Å². The largest absolute Gasteiger partial charge is 0.368 e. The van der Waals surface area contributed by atoms with Crippen molar-refractivity contribution >= 4 is 39.2 Å². The number of nitrogens with zero attached hydrogens (tertiary/aromatic N) is 9. The molecule has 1 fully saturated rings. The summed E-state index contributed by atoms with van der Waals surface area (Å²) in [6, 6.07) is 24.6. The number of rotatable bonds is 8. The van der Waals surface area contributed by atoms with Crippen LogP contribution in [0, 0.1) is 6.92 Å². The van der Waals surface area contributed by atoms with Crippen LogP contribution in [0.25, 0.3) is 28.5 Å². The third-order valence-corrected chi connectivity index (χ3v) is 8.85. The normalized spacial score (nSPS) is 13.4. The summed E-state index contributed by atoms with van der Waals surface area (Å²) in [7, 11) is 0. The maximum Gasteiger partial charge on any atom is 0.237 e. The van der Waals surface area contributed by atoms with Crippen LogP contribution >= 0.6 is 27.7 Å². The molecule has 4 aromatic heterocycles. The van der Waals surface area contributed by atoms with Crippen LogP contribution in [0.2, 0.25) is 0 Å². The molecule has 7 rings (SSSR count). The fraction of sp³-hybridized carbons (Fsp3) is 0.188. The Hall–Kier alpha value is -4.55. The molecule has 220 valence electrons. The highest BCUT2D eigenvalue weighted by atomic mass is 79.9. The highest BCUT2D eigenvalue weighted by molar-refractivity contribution is 9.10. The smallest absolute Gasteiger partial charge is 0.237 e. The zero-order valence-corrected chi connectivity index (χ0v) is 26.3. The van der Waals surface area contributed by atoms with E-state index in [-0.39, 0.29) is 0 Å². The fourth-order valence-electron chi connectivity index (χ4n) is 5.15. The molecule has 0 atom stereocenters. The number of aryl methyl sites for hydroxylation is 1. The Balaban J connectivity index is 1.02. The third kappa shape index (κ3) is 6.08. The molecule has 0 radical (unpaired) electrons. The molecule has 0 N–H and O–H groups in total. The predicted molar refractivity (Wildman–Crippen MR) is 175 cm³/mol. The van der Waals surface area contributed by atoms with E-state index < -0.39 is 0 Å². The van der Waals surface area contributed by atoms with Crippen LogP contribution in [-0.4, -0.2) is 61.1 Å². The van der Waals surface area contributed by atoms with Gasteiger partial charge in [0, 0.05) is 71.7 Å². The van der Waals surface area contributed by atoms with E-state index in [1.807, 2.05) is 59.3 Å². The zero-order chi connectivity index (χ0) is 29.9. The Labute approximate surface area is 267 Å². The summed E-state index contributed by atoms with van der Waals surface area (Å²) in [5.74, 6) is 3.10. The maximum absolute atomic E-state index is 5.60. The number of anilines is 2. The van der Waals surface area contributed by atoms with Gasteiger partial charge in [-0.2, -0.15) is 4.98 Å². The van der Waals surface area contributed by atoms with E-state index in [0.717, 1.165) is 53.3 Å². The molecule has 0 saturated carbocycles. The highest BCUT2D eigenvalue weighted by Gasteiger charge is 2.20. The molecule has 1 saturated heterocycles. The Morgan fingerprint density at radius 2 is 1.68 bits per heavy atom. The Morgan fingerprint density at radius 1 is 0.841 bits per heavy atom. The number of piperazine rings is 1. The summed E-state index contributed by atoms with van der Waals surface area (Å²) in [5.41, 5.74) is 5.18. The fourth-order valence-corrected chi connectivity index (χ4v) is 6.20. The Kier molecular flexibility index (Phi) is 8.08. The molecule has 0 spiro atoms. The van der Waals surface area contributed by atoms with Crippen LogP contribution in [0.15, 0.2) is 106 Å². The van der Waals surface area contributed by atoms with E-state index in [1.165, 1.54) is 23.0 Å². The number of benzene rings is 2. The van der Waals surface area contributed by atoms with E-state index in [0.29, 0.717) is 28.4 Å². The van der Waals surface area contributed by atoms with Crippen molar-refractivity contribution in [1.82, 2.24) is 34.9 Å². The Morgan fingerprint density at radius 3 is 2.43 bits per heavy atom. The van der Waals surface area contributed by atoms with Gasteiger partial charge in [-0.05, 0) is 73.2 Å². The van der Waals surface area contributed by atoms with Gasteiger partial charge in [0.05, 0.1) is 5.75 Å². The SMILES string of the molecule is Cc1cccc(N2CCN(c3ccc(-c4noc(CSc5nnc(-c6cccnc6)n5-c5ccc(Br)cc5)n4)cn3)CC2)c1. The summed E-state index contributed by atoms with van der Waals surface area (Å²) in [6.07, 6.45) is 5.33. The molecule has 0 unspecified atom stereocenters. The van der Waals surface area contributed by atoms with Crippen molar-refractivity contribution in [1.29, 1.82) is 0 Å². The minimum absolute atomic E-state index is 0.436. The van der Waals surface area contributed by atoms with E-state index in [4.69, 9.17) is 9.51 Å². The van der Waals surface area contributed by atoms with Crippen LogP contribution in [0.1, 0.15) is 11.5 Å². The first-order chi connectivity index (χ1) is 21.6. The first-order valence-electron chi connectivity index (χ1n) is 14.2. The molecule has 2 aromatic carbocycles. The van der Waals surface area contributed by atoms with Crippen molar-refractivity contribution in [3.05, 3.63) is 107 Å². The minimum atomic E-state index is 0.436. The van der Waals surface area contributed by atoms with Gasteiger partial charge in [0.1, 0.15) is 5.82 Å². The lowest BCUT2D eigenvalue weighted by atomic mass is 10.2. The molecule has 0 amide bonds. The second-order valence-corrected chi connectivity index (χ2v) is 12.2. The summed E-state index contributed by atoms with van der Waals surface area (Å²) in [6.45, 7) is 5.87. The number of hydrogen-bond acceptors (Lipinski definition) is 10. The first kappa shape index (κ1) is 28.2. The zero-order valence-electron chi connectivity index (χ0n) is 23.9. The lowest BCUT2D eigenvalue weighted by Crippen LogP contribution is -2.46. The monoisotopic (exact) mass is 665 g/mol. The maximum atomic E-state index is 5.60. The van der Waals surface area contributed by atoms with Crippen molar-refractivity contribution in [2.45, 2.75) is 17.8 Å². The lowest BCUT2D eigenvalue weighted by molar-refractivity contribution is 0.391. The number of hydrogen-bond donors (Lipinski definition) is 0. The van der Waals surface area contributed by atoms with Crippen LogP contribution in [0.3, 0.4) is 0 Å². The highest BCUT2D eigenvalue weighted by Crippen LogP contribution is 2.30. The van der Waals surface area contributed by atoms with E-state index in [1.54, 1.807) is 12.4 Å². The molecule has 12 heteroatoms. The Bertz CT molecular complexity index is 1850. The summed E-state index contributed by atoms with van der Waals surface area (Å²) in [5, 5.41) is 13.9. The molecule has 5 heterocycles. The second-order valence-electron chi connectivity index (χ2n) is 10.4. The predicted octanol–water partition coefficient (Wildman–Crippen LogP) is 6.46. The average molecular weight is 667 g/mol. The van der Waals surface area contributed by atoms with E-state index >= 15 is 0 Å².